The largest absolute Gasteiger partial charge is 0.573 e. The minimum absolute atomic E-state index is 0.0608. The molecule has 1 heterocycles. The molecule has 0 fully saturated rings. The molecule has 36 heavy (non-hydrogen) atoms. The SMILES string of the molecule is CCC(C)(NC(=O)[C@H](C)c1c(C)n(C(=O)c2ccc(OC(F)(F)F)cc2)c2ccc(O)cc12)C(=O)O. The third-order valence-electron chi connectivity index (χ3n) is 6.18. The molecule has 0 aliphatic heterocycles. The van der Waals surface area contributed by atoms with E-state index < -0.39 is 41.4 Å². The summed E-state index contributed by atoms with van der Waals surface area (Å²) in [6.45, 7) is 6.15. The number of phenols is 1. The number of hydrogen-bond donors (Lipinski definition) is 3. The number of carboxylic acids is 1. The average Bonchev–Trinajstić information content (AvgIpc) is 3.07. The molecular formula is C25H25F3N2O6. The Hall–Kier alpha value is -4.02. The van der Waals surface area contributed by atoms with Crippen molar-refractivity contribution < 1.29 is 42.5 Å². The van der Waals surface area contributed by atoms with Crippen molar-refractivity contribution >= 4 is 28.7 Å². The van der Waals surface area contributed by atoms with Gasteiger partial charge in [0.15, 0.2) is 0 Å². The fraction of sp³-hybridized carbons (Fsp3) is 0.320. The van der Waals surface area contributed by atoms with Gasteiger partial charge in [0, 0.05) is 16.6 Å². The van der Waals surface area contributed by atoms with Gasteiger partial charge in [-0.1, -0.05) is 6.92 Å². The van der Waals surface area contributed by atoms with Gasteiger partial charge >= 0.3 is 12.3 Å². The molecule has 0 saturated heterocycles. The van der Waals surface area contributed by atoms with Gasteiger partial charge in [-0.3, -0.25) is 14.2 Å². The van der Waals surface area contributed by atoms with Crippen molar-refractivity contribution in [3.05, 3.63) is 59.3 Å². The van der Waals surface area contributed by atoms with E-state index in [-0.39, 0.29) is 17.7 Å². The molecule has 0 aliphatic rings. The standard InChI is InChI=1S/C25H25F3N2O6/c1-5-24(4,23(34)35)29-21(32)13(2)20-14(3)30(19-11-8-16(31)12-18(19)20)22(33)15-6-9-17(10-7-15)36-25(26,27)28/h6-13,31H,5H2,1-4H3,(H,29,32)(H,34,35)/t13-,24?/m1/s1. The summed E-state index contributed by atoms with van der Waals surface area (Å²) in [5.74, 6) is -3.87. The lowest BCUT2D eigenvalue weighted by atomic mass is 9.93. The molecule has 0 radical (unpaired) electrons. The molecule has 11 heteroatoms. The van der Waals surface area contributed by atoms with Crippen LogP contribution in [-0.4, -0.2) is 44.5 Å². The molecule has 2 aromatic carbocycles. The second kappa shape index (κ2) is 9.56. The first-order valence-electron chi connectivity index (χ1n) is 11.0. The van der Waals surface area contributed by atoms with Gasteiger partial charge in [-0.05, 0) is 75.2 Å². The lowest BCUT2D eigenvalue weighted by Gasteiger charge is -2.26. The summed E-state index contributed by atoms with van der Waals surface area (Å²) in [7, 11) is 0. The zero-order valence-electron chi connectivity index (χ0n) is 19.9. The summed E-state index contributed by atoms with van der Waals surface area (Å²) >= 11 is 0. The number of carbonyl (C=O) groups excluding carboxylic acids is 2. The van der Waals surface area contributed by atoms with Crippen LogP contribution in [0.4, 0.5) is 13.2 Å². The second-order valence-corrected chi connectivity index (χ2v) is 8.62. The minimum atomic E-state index is -4.87. The average molecular weight is 506 g/mol. The lowest BCUT2D eigenvalue weighted by molar-refractivity contribution is -0.274. The first-order valence-corrected chi connectivity index (χ1v) is 11.0. The number of halogens is 3. The number of carbonyl (C=O) groups is 3. The number of fused-ring (bicyclic) bond motifs is 1. The number of nitrogens with one attached hydrogen (secondary N) is 1. The summed E-state index contributed by atoms with van der Waals surface area (Å²) in [4.78, 5) is 38.1. The van der Waals surface area contributed by atoms with Gasteiger partial charge in [-0.15, -0.1) is 13.2 Å². The fourth-order valence-corrected chi connectivity index (χ4v) is 3.97. The third kappa shape index (κ3) is 5.14. The number of hydrogen-bond acceptors (Lipinski definition) is 5. The van der Waals surface area contributed by atoms with Crippen LogP contribution in [0.2, 0.25) is 0 Å². The van der Waals surface area contributed by atoms with Gasteiger partial charge in [-0.2, -0.15) is 0 Å². The van der Waals surface area contributed by atoms with Crippen molar-refractivity contribution in [3.8, 4) is 11.5 Å². The maximum absolute atomic E-state index is 13.4. The van der Waals surface area contributed by atoms with Crippen LogP contribution in [-0.2, 0) is 9.59 Å². The van der Waals surface area contributed by atoms with E-state index in [4.69, 9.17) is 0 Å². The van der Waals surface area contributed by atoms with Gasteiger partial charge in [0.1, 0.15) is 17.0 Å². The van der Waals surface area contributed by atoms with E-state index >= 15 is 0 Å². The molecule has 3 rings (SSSR count). The normalized spacial score (nSPS) is 14.2. The predicted molar refractivity (Wildman–Crippen MR) is 124 cm³/mol. The summed E-state index contributed by atoms with van der Waals surface area (Å²) in [6, 6.07) is 8.64. The Balaban J connectivity index is 2.07. The Morgan fingerprint density at radius 1 is 1.11 bits per heavy atom. The van der Waals surface area contributed by atoms with E-state index in [1.807, 2.05) is 0 Å². The third-order valence-corrected chi connectivity index (χ3v) is 6.18. The number of phenolic OH excluding ortho intramolecular Hbond substituents is 1. The summed E-state index contributed by atoms with van der Waals surface area (Å²) < 4.78 is 42.5. The number of amides is 1. The first kappa shape index (κ1) is 26.6. The maximum atomic E-state index is 13.4. The van der Waals surface area contributed by atoms with E-state index in [0.717, 1.165) is 12.1 Å². The number of aromatic nitrogens is 1. The summed E-state index contributed by atoms with van der Waals surface area (Å²) in [6.07, 6.45) is -4.74. The molecule has 192 valence electrons. The lowest BCUT2D eigenvalue weighted by Crippen LogP contribution is -2.52. The van der Waals surface area contributed by atoms with Gasteiger partial charge in [0.25, 0.3) is 5.91 Å². The van der Waals surface area contributed by atoms with Crippen molar-refractivity contribution in [2.24, 2.45) is 0 Å². The van der Waals surface area contributed by atoms with E-state index in [9.17, 15) is 37.8 Å². The Labute approximate surface area is 204 Å². The van der Waals surface area contributed by atoms with Crippen LogP contribution in [0.25, 0.3) is 10.9 Å². The van der Waals surface area contributed by atoms with Gasteiger partial charge in [0.2, 0.25) is 5.91 Å². The highest BCUT2D eigenvalue weighted by Crippen LogP contribution is 2.35. The smallest absolute Gasteiger partial charge is 0.508 e. The summed E-state index contributed by atoms with van der Waals surface area (Å²) in [5, 5.41) is 22.5. The molecule has 3 aromatic rings. The van der Waals surface area contributed by atoms with Crippen molar-refractivity contribution in [2.75, 3.05) is 0 Å². The number of ether oxygens (including phenoxy) is 1. The Kier molecular flexibility index (Phi) is 7.06. The van der Waals surface area contributed by atoms with Crippen molar-refractivity contribution in [1.29, 1.82) is 0 Å². The predicted octanol–water partition coefficient (Wildman–Crippen LogP) is 4.72. The minimum Gasteiger partial charge on any atom is -0.508 e. The van der Waals surface area contributed by atoms with Gasteiger partial charge in [0.05, 0.1) is 11.4 Å². The quantitative estimate of drug-likeness (QED) is 0.427. The van der Waals surface area contributed by atoms with E-state index in [1.165, 1.54) is 41.8 Å². The van der Waals surface area contributed by atoms with E-state index in [0.29, 0.717) is 22.2 Å². The second-order valence-electron chi connectivity index (χ2n) is 8.62. The van der Waals surface area contributed by atoms with Gasteiger partial charge in [-0.25, -0.2) is 4.79 Å². The maximum Gasteiger partial charge on any atom is 0.573 e. The molecule has 1 unspecified atom stereocenters. The highest BCUT2D eigenvalue weighted by atomic mass is 19.4. The highest BCUT2D eigenvalue weighted by Gasteiger charge is 2.36. The molecular weight excluding hydrogens is 481 g/mol. The topological polar surface area (TPSA) is 118 Å². The number of aliphatic carboxylic acids is 1. The summed E-state index contributed by atoms with van der Waals surface area (Å²) in [5.41, 5.74) is -0.335. The van der Waals surface area contributed by atoms with Crippen LogP contribution in [0.1, 0.15) is 54.7 Å². The number of rotatable bonds is 7. The zero-order chi connectivity index (χ0) is 27.0. The molecule has 1 aromatic heterocycles. The molecule has 0 aliphatic carbocycles. The molecule has 0 saturated carbocycles. The molecule has 3 N–H and O–H groups in total. The van der Waals surface area contributed by atoms with Crippen molar-refractivity contribution in [3.63, 3.8) is 0 Å². The Morgan fingerprint density at radius 3 is 2.25 bits per heavy atom. The van der Waals surface area contributed by atoms with Crippen LogP contribution < -0.4 is 10.1 Å². The Morgan fingerprint density at radius 2 is 1.72 bits per heavy atom. The zero-order valence-corrected chi connectivity index (χ0v) is 19.9. The molecule has 1 amide bonds. The van der Waals surface area contributed by atoms with E-state index in [2.05, 4.69) is 10.1 Å². The number of benzene rings is 2. The number of alkyl halides is 3. The number of nitrogens with zero attached hydrogens (tertiary/aromatic N) is 1. The molecule has 8 nitrogen and oxygen atoms in total. The number of aromatic hydroxyl groups is 1. The van der Waals surface area contributed by atoms with E-state index in [1.54, 1.807) is 20.8 Å². The van der Waals surface area contributed by atoms with Crippen LogP contribution in [0.5, 0.6) is 11.5 Å². The highest BCUT2D eigenvalue weighted by molar-refractivity contribution is 6.06. The van der Waals surface area contributed by atoms with Crippen molar-refractivity contribution in [2.45, 2.75) is 51.9 Å². The number of carboxylic acid groups (broad SMARTS) is 1. The fourth-order valence-electron chi connectivity index (χ4n) is 3.97. The molecule has 0 bridgehead atoms. The van der Waals surface area contributed by atoms with Gasteiger partial charge < -0.3 is 20.3 Å². The monoisotopic (exact) mass is 506 g/mol. The molecule has 0 spiro atoms. The first-order chi connectivity index (χ1) is 16.7. The van der Waals surface area contributed by atoms with Crippen LogP contribution in [0.15, 0.2) is 42.5 Å². The Bertz CT molecular complexity index is 1330. The van der Waals surface area contributed by atoms with Crippen LogP contribution in [0.3, 0.4) is 0 Å². The van der Waals surface area contributed by atoms with Crippen LogP contribution >= 0.6 is 0 Å². The van der Waals surface area contributed by atoms with Crippen molar-refractivity contribution in [1.82, 2.24) is 9.88 Å². The molecule has 2 atom stereocenters. The van der Waals surface area contributed by atoms with Crippen LogP contribution in [0, 0.1) is 6.92 Å².